The topological polar surface area (TPSA) is 93.2 Å². The number of carboxylic acid groups (broad SMARTS) is 1. The van der Waals surface area contributed by atoms with E-state index in [2.05, 4.69) is 22.3 Å². The number of fused-ring (bicyclic) bond motifs is 2. The molecule has 5 rings (SSSR count). The number of methoxy groups -OCH3 is 1. The Hall–Kier alpha value is -2.52. The number of carbonyl (C=O) groups is 1. The summed E-state index contributed by atoms with van der Waals surface area (Å²) in [5.74, 6) is 0.240. The van der Waals surface area contributed by atoms with E-state index in [4.69, 9.17) is 19.2 Å². The maximum atomic E-state index is 12.6. The summed E-state index contributed by atoms with van der Waals surface area (Å²) in [4.78, 5) is 19.4. The fourth-order valence-electron chi connectivity index (χ4n) is 6.08. The van der Waals surface area contributed by atoms with E-state index in [1.165, 1.54) is 12.0 Å². The highest BCUT2D eigenvalue weighted by molar-refractivity contribution is 5.76. The van der Waals surface area contributed by atoms with Crippen molar-refractivity contribution in [2.75, 3.05) is 38.7 Å². The number of aromatic nitrogens is 1. The van der Waals surface area contributed by atoms with Crippen LogP contribution in [0.5, 0.6) is 0 Å². The van der Waals surface area contributed by atoms with Crippen LogP contribution in [0.15, 0.2) is 30.3 Å². The molecule has 8 heteroatoms. The van der Waals surface area contributed by atoms with Crippen molar-refractivity contribution in [2.24, 2.45) is 0 Å². The molecule has 0 spiro atoms. The second kappa shape index (κ2) is 12.3. The Morgan fingerprint density at radius 3 is 2.95 bits per heavy atom. The van der Waals surface area contributed by atoms with Crippen LogP contribution in [0.2, 0.25) is 0 Å². The molecule has 2 unspecified atom stereocenters. The van der Waals surface area contributed by atoms with E-state index in [1.807, 2.05) is 32.0 Å². The third-order valence-electron chi connectivity index (χ3n) is 8.64. The number of benzene rings is 1. The first-order valence-corrected chi connectivity index (χ1v) is 14.4. The fourth-order valence-corrected chi connectivity index (χ4v) is 6.08. The molecule has 2 N–H and O–H groups in total. The Labute approximate surface area is 232 Å². The van der Waals surface area contributed by atoms with E-state index in [1.54, 1.807) is 7.11 Å². The van der Waals surface area contributed by atoms with Gasteiger partial charge in [0, 0.05) is 45.5 Å². The summed E-state index contributed by atoms with van der Waals surface area (Å²) >= 11 is 0. The summed E-state index contributed by atoms with van der Waals surface area (Å²) in [5.41, 5.74) is 5.02. The fraction of sp³-hybridized carbons (Fsp3) is 0.613. The van der Waals surface area contributed by atoms with Gasteiger partial charge in [0.25, 0.3) is 0 Å². The predicted molar refractivity (Wildman–Crippen MR) is 150 cm³/mol. The molecule has 1 fully saturated rings. The van der Waals surface area contributed by atoms with Crippen LogP contribution in [0.4, 0.5) is 5.82 Å². The maximum Gasteiger partial charge on any atom is 0.325 e. The first-order valence-electron chi connectivity index (χ1n) is 14.4. The zero-order valence-corrected chi connectivity index (χ0v) is 23.6. The highest BCUT2D eigenvalue weighted by atomic mass is 16.5. The minimum Gasteiger partial charge on any atom is -0.480 e. The van der Waals surface area contributed by atoms with Gasteiger partial charge in [-0.2, -0.15) is 0 Å². The van der Waals surface area contributed by atoms with E-state index < -0.39 is 17.6 Å². The molecular weight excluding hydrogens is 494 g/mol. The number of likely N-dealkylation sites (tertiary alicyclic amines) is 1. The average Bonchev–Trinajstić information content (AvgIpc) is 3.40. The summed E-state index contributed by atoms with van der Waals surface area (Å²) in [6.07, 6.45) is 6.63. The molecule has 2 aromatic rings. The molecule has 0 amide bonds. The molecule has 0 aliphatic carbocycles. The number of nitrogens with one attached hydrogen (secondary N) is 1. The molecule has 1 aromatic heterocycles. The molecule has 3 atom stereocenters. The lowest BCUT2D eigenvalue weighted by atomic mass is 9.85. The van der Waals surface area contributed by atoms with Crippen LogP contribution in [0.25, 0.3) is 0 Å². The highest BCUT2D eigenvalue weighted by Gasteiger charge is 2.39. The summed E-state index contributed by atoms with van der Waals surface area (Å²) < 4.78 is 18.0. The first-order chi connectivity index (χ1) is 18.9. The highest BCUT2D eigenvalue weighted by Crippen LogP contribution is 2.36. The molecule has 0 saturated carbocycles. The van der Waals surface area contributed by atoms with Crippen LogP contribution < -0.4 is 5.32 Å². The largest absolute Gasteiger partial charge is 0.480 e. The minimum atomic E-state index is -0.815. The number of rotatable bonds is 11. The van der Waals surface area contributed by atoms with Crippen molar-refractivity contribution >= 4 is 11.8 Å². The summed E-state index contributed by atoms with van der Waals surface area (Å²) in [6, 6.07) is 9.63. The molecule has 4 heterocycles. The summed E-state index contributed by atoms with van der Waals surface area (Å²) in [6.45, 7) is 7.53. The van der Waals surface area contributed by atoms with Crippen molar-refractivity contribution in [3.05, 3.63) is 58.3 Å². The van der Waals surface area contributed by atoms with E-state index in [-0.39, 0.29) is 12.2 Å². The van der Waals surface area contributed by atoms with Crippen LogP contribution >= 0.6 is 0 Å². The molecule has 1 saturated heterocycles. The normalized spacial score (nSPS) is 22.1. The van der Waals surface area contributed by atoms with Crippen LogP contribution in [0, 0.1) is 0 Å². The monoisotopic (exact) mass is 537 g/mol. The average molecular weight is 538 g/mol. The van der Waals surface area contributed by atoms with Gasteiger partial charge in [0.15, 0.2) is 0 Å². The Balaban J connectivity index is 1.14. The molecule has 3 aliphatic rings. The number of carboxylic acids is 1. The molecule has 212 valence electrons. The van der Waals surface area contributed by atoms with E-state index in [9.17, 15) is 9.90 Å². The zero-order valence-electron chi connectivity index (χ0n) is 23.6. The van der Waals surface area contributed by atoms with Gasteiger partial charge in [-0.05, 0) is 80.7 Å². The van der Waals surface area contributed by atoms with Gasteiger partial charge >= 0.3 is 5.97 Å². The Morgan fingerprint density at radius 2 is 2.13 bits per heavy atom. The zero-order chi connectivity index (χ0) is 27.4. The lowest BCUT2D eigenvalue weighted by Gasteiger charge is -2.38. The summed E-state index contributed by atoms with van der Waals surface area (Å²) in [5, 5.41) is 13.7. The van der Waals surface area contributed by atoms with Gasteiger partial charge in [0.05, 0.1) is 24.4 Å². The molecule has 0 bridgehead atoms. The number of anilines is 1. The van der Waals surface area contributed by atoms with Crippen molar-refractivity contribution < 1.29 is 24.1 Å². The van der Waals surface area contributed by atoms with Crippen molar-refractivity contribution in [3.8, 4) is 0 Å². The van der Waals surface area contributed by atoms with Crippen LogP contribution in [0.1, 0.15) is 73.5 Å². The molecule has 1 aromatic carbocycles. The van der Waals surface area contributed by atoms with Gasteiger partial charge in [-0.15, -0.1) is 0 Å². The Bertz CT molecular complexity index is 1150. The lowest BCUT2D eigenvalue weighted by Crippen LogP contribution is -2.44. The molecular formula is C31H43N3O5. The van der Waals surface area contributed by atoms with Crippen LogP contribution in [-0.4, -0.2) is 72.1 Å². The van der Waals surface area contributed by atoms with E-state index in [0.29, 0.717) is 32.7 Å². The van der Waals surface area contributed by atoms with E-state index in [0.717, 1.165) is 66.9 Å². The standard InChI is InChI=1S/C31H43N3O5/c1-31(2,37-3)27-18-26-22(20-39-27)8-6-11-25(26)28(30(35)36)34-16-14-24(19-34)38-17-5-4-10-23-13-12-21-9-7-15-32-29(21)33-23/h6,8,11-13,24,27-28H,4-5,7,9-10,14-20H2,1-3H3,(H,32,33)(H,35,36)/t24-,27?,28?/m1/s1. The first kappa shape index (κ1) is 28.0. The Kier molecular flexibility index (Phi) is 8.86. The molecule has 3 aliphatic heterocycles. The molecule has 8 nitrogen and oxygen atoms in total. The van der Waals surface area contributed by atoms with Crippen molar-refractivity contribution in [2.45, 2.75) is 89.3 Å². The van der Waals surface area contributed by atoms with Gasteiger partial charge in [-0.1, -0.05) is 24.3 Å². The van der Waals surface area contributed by atoms with Gasteiger partial charge < -0.3 is 24.6 Å². The van der Waals surface area contributed by atoms with Crippen molar-refractivity contribution in [3.63, 3.8) is 0 Å². The number of aryl methyl sites for hydroxylation is 2. The van der Waals surface area contributed by atoms with E-state index >= 15 is 0 Å². The minimum absolute atomic E-state index is 0.0564. The van der Waals surface area contributed by atoms with Crippen molar-refractivity contribution in [1.82, 2.24) is 9.88 Å². The number of aliphatic carboxylic acids is 1. The second-order valence-electron chi connectivity index (χ2n) is 11.6. The third-order valence-corrected chi connectivity index (χ3v) is 8.64. The number of nitrogens with zero attached hydrogens (tertiary/aromatic N) is 2. The summed E-state index contributed by atoms with van der Waals surface area (Å²) in [7, 11) is 1.69. The smallest absolute Gasteiger partial charge is 0.325 e. The molecule has 39 heavy (non-hydrogen) atoms. The molecule has 0 radical (unpaired) electrons. The number of ether oxygens (including phenoxy) is 3. The van der Waals surface area contributed by atoms with Gasteiger partial charge in [0.1, 0.15) is 11.9 Å². The van der Waals surface area contributed by atoms with Crippen LogP contribution in [0.3, 0.4) is 0 Å². The maximum absolute atomic E-state index is 12.6. The number of hydrogen-bond acceptors (Lipinski definition) is 7. The number of hydrogen-bond donors (Lipinski definition) is 2. The van der Waals surface area contributed by atoms with Gasteiger partial charge in [-0.25, -0.2) is 4.98 Å². The predicted octanol–water partition coefficient (Wildman–Crippen LogP) is 4.55. The SMILES string of the molecule is COC(C)(C)C1Cc2c(cccc2C(C(=O)O)N2CC[C@@H](OCCCCc3ccc4c(n3)NCCC4)C2)CO1. The number of unbranched alkanes of at least 4 members (excludes halogenated alkanes) is 1. The van der Waals surface area contributed by atoms with Crippen LogP contribution in [-0.2, 0) is 44.9 Å². The quantitative estimate of drug-likeness (QED) is 0.404. The lowest BCUT2D eigenvalue weighted by molar-refractivity contribution is -0.143. The van der Waals surface area contributed by atoms with Gasteiger partial charge in [0.2, 0.25) is 0 Å². The second-order valence-corrected chi connectivity index (χ2v) is 11.6. The van der Waals surface area contributed by atoms with Gasteiger partial charge in [-0.3, -0.25) is 9.69 Å². The third kappa shape index (κ3) is 6.46. The van der Waals surface area contributed by atoms with Crippen molar-refractivity contribution in [1.29, 1.82) is 0 Å². The Morgan fingerprint density at radius 1 is 1.26 bits per heavy atom. The number of pyridine rings is 1.